The van der Waals surface area contributed by atoms with E-state index < -0.39 is 25.0 Å². The fourth-order valence-electron chi connectivity index (χ4n) is 4.53. The van der Waals surface area contributed by atoms with Crippen LogP contribution in [0.2, 0.25) is 0 Å². The van der Waals surface area contributed by atoms with Crippen LogP contribution in [0.5, 0.6) is 0 Å². The van der Waals surface area contributed by atoms with Gasteiger partial charge < -0.3 is 26.0 Å². The molecule has 1 aliphatic carbocycles. The third kappa shape index (κ3) is 5.87. The van der Waals surface area contributed by atoms with E-state index in [-0.39, 0.29) is 34.2 Å². The molecule has 0 spiro atoms. The van der Waals surface area contributed by atoms with Crippen molar-refractivity contribution in [3.05, 3.63) is 59.9 Å². The number of likely N-dealkylation sites (N-methyl/N-ethyl adjacent to an activating group) is 1. The summed E-state index contributed by atoms with van der Waals surface area (Å²) < 4.78 is 0. The maximum atomic E-state index is 13.2. The number of hydrogen-bond donors (Lipinski definition) is 5. The smallest absolute Gasteiger partial charge is 0.423 e. The Bertz CT molecular complexity index is 1280. The third-order valence-electron chi connectivity index (χ3n) is 6.40. The first kappa shape index (κ1) is 25.3. The van der Waals surface area contributed by atoms with Gasteiger partial charge in [0.25, 0.3) is 11.8 Å². The zero-order chi connectivity index (χ0) is 25.7. The van der Waals surface area contributed by atoms with Gasteiger partial charge in [-0.3, -0.25) is 19.4 Å². The number of hydrogen-bond acceptors (Lipinski definition) is 7. The van der Waals surface area contributed by atoms with Crippen LogP contribution in [0.1, 0.15) is 53.0 Å². The minimum absolute atomic E-state index is 0.0157. The van der Waals surface area contributed by atoms with Crippen LogP contribution in [-0.4, -0.2) is 57.9 Å². The SMILES string of the molecule is CNC(=O)[C@@H](NC(=O)c1cc(NC(=O)c2ccc3ncccc3n2)cc(B(O)O)c1)C1CCCCC1. The highest BCUT2D eigenvalue weighted by Crippen LogP contribution is 2.27. The fourth-order valence-corrected chi connectivity index (χ4v) is 4.53. The van der Waals surface area contributed by atoms with Crippen molar-refractivity contribution in [1.29, 1.82) is 0 Å². The highest BCUT2D eigenvalue weighted by molar-refractivity contribution is 6.58. The monoisotopic (exact) mass is 489 g/mol. The van der Waals surface area contributed by atoms with Crippen molar-refractivity contribution in [2.24, 2.45) is 5.92 Å². The Balaban J connectivity index is 1.57. The number of benzene rings is 1. The van der Waals surface area contributed by atoms with Gasteiger partial charge in [-0.2, -0.15) is 0 Å². The summed E-state index contributed by atoms with van der Waals surface area (Å²) in [5.41, 5.74) is 1.60. The minimum Gasteiger partial charge on any atom is -0.423 e. The summed E-state index contributed by atoms with van der Waals surface area (Å²) >= 11 is 0. The van der Waals surface area contributed by atoms with Crippen molar-refractivity contribution >= 4 is 47.0 Å². The zero-order valence-electron chi connectivity index (χ0n) is 19.9. The van der Waals surface area contributed by atoms with Crippen LogP contribution >= 0.6 is 0 Å². The number of nitrogens with zero attached hydrogens (tertiary/aromatic N) is 2. The van der Waals surface area contributed by atoms with Crippen molar-refractivity contribution in [2.45, 2.75) is 38.1 Å². The van der Waals surface area contributed by atoms with Crippen LogP contribution in [0.25, 0.3) is 11.0 Å². The Morgan fingerprint density at radius 2 is 1.78 bits per heavy atom. The van der Waals surface area contributed by atoms with Gasteiger partial charge in [-0.15, -0.1) is 0 Å². The number of pyridine rings is 2. The first-order valence-corrected chi connectivity index (χ1v) is 11.9. The fraction of sp³-hybridized carbons (Fsp3) is 0.320. The predicted molar refractivity (Wildman–Crippen MR) is 136 cm³/mol. The van der Waals surface area contributed by atoms with Crippen LogP contribution in [0.4, 0.5) is 5.69 Å². The summed E-state index contributed by atoms with van der Waals surface area (Å²) in [6, 6.07) is 10.0. The Morgan fingerprint density at radius 1 is 1.00 bits per heavy atom. The molecule has 10 nitrogen and oxygen atoms in total. The molecule has 3 aromatic rings. The molecule has 1 fully saturated rings. The number of aromatic nitrogens is 2. The topological polar surface area (TPSA) is 154 Å². The van der Waals surface area contributed by atoms with Gasteiger partial charge in [0.1, 0.15) is 11.7 Å². The van der Waals surface area contributed by atoms with Crippen molar-refractivity contribution in [3.63, 3.8) is 0 Å². The molecular formula is C25H28BN5O5. The summed E-state index contributed by atoms with van der Waals surface area (Å²) in [5.74, 6) is -1.36. The van der Waals surface area contributed by atoms with Gasteiger partial charge in [0.2, 0.25) is 5.91 Å². The van der Waals surface area contributed by atoms with Crippen molar-refractivity contribution in [1.82, 2.24) is 20.6 Å². The van der Waals surface area contributed by atoms with Crippen LogP contribution in [0, 0.1) is 5.92 Å². The molecule has 0 saturated heterocycles. The average Bonchev–Trinajstić information content (AvgIpc) is 2.91. The minimum atomic E-state index is -1.87. The third-order valence-corrected chi connectivity index (χ3v) is 6.40. The van der Waals surface area contributed by atoms with Crippen molar-refractivity contribution in [3.8, 4) is 0 Å². The number of anilines is 1. The van der Waals surface area contributed by atoms with E-state index in [2.05, 4.69) is 25.9 Å². The molecule has 36 heavy (non-hydrogen) atoms. The van der Waals surface area contributed by atoms with Crippen molar-refractivity contribution < 1.29 is 24.4 Å². The summed E-state index contributed by atoms with van der Waals surface area (Å²) in [5, 5.41) is 27.6. The van der Waals surface area contributed by atoms with E-state index >= 15 is 0 Å². The predicted octanol–water partition coefficient (Wildman–Crippen LogP) is 0.987. The van der Waals surface area contributed by atoms with E-state index in [1.165, 1.54) is 31.3 Å². The number of nitrogens with one attached hydrogen (secondary N) is 3. The van der Waals surface area contributed by atoms with E-state index in [1.54, 1.807) is 24.4 Å². The molecule has 1 atom stereocenters. The van der Waals surface area contributed by atoms with Crippen LogP contribution in [-0.2, 0) is 4.79 Å². The Kier molecular flexibility index (Phi) is 7.92. The van der Waals surface area contributed by atoms with Crippen molar-refractivity contribution in [2.75, 3.05) is 12.4 Å². The second kappa shape index (κ2) is 11.3. The standard InChI is InChI=1S/C25H28BN5O5/c1-27-25(34)22(15-6-3-2-4-7-15)31-23(32)16-12-17(26(35)36)14-18(13-16)29-24(33)21-10-9-19-20(30-21)8-5-11-28-19/h5,8-15,22,35-36H,2-4,6-7H2,1H3,(H,27,34)(H,29,33)(H,31,32)/t22-/m0/s1. The quantitative estimate of drug-likeness (QED) is 0.310. The summed E-state index contributed by atoms with van der Waals surface area (Å²) in [6.07, 6.45) is 6.40. The Hall–Kier alpha value is -3.83. The second-order valence-electron chi connectivity index (χ2n) is 8.87. The lowest BCUT2D eigenvalue weighted by Crippen LogP contribution is -2.50. The maximum absolute atomic E-state index is 13.2. The van der Waals surface area contributed by atoms with E-state index in [4.69, 9.17) is 0 Å². The Labute approximate surface area is 208 Å². The highest BCUT2D eigenvalue weighted by Gasteiger charge is 2.31. The van der Waals surface area contributed by atoms with Gasteiger partial charge in [-0.05, 0) is 66.7 Å². The molecule has 0 aliphatic heterocycles. The molecule has 186 valence electrons. The van der Waals surface area contributed by atoms with Gasteiger partial charge >= 0.3 is 7.12 Å². The molecule has 11 heteroatoms. The molecular weight excluding hydrogens is 461 g/mol. The average molecular weight is 489 g/mol. The first-order valence-electron chi connectivity index (χ1n) is 11.9. The molecule has 0 unspecified atom stereocenters. The number of fused-ring (bicyclic) bond motifs is 1. The van der Waals surface area contributed by atoms with Gasteiger partial charge in [-0.1, -0.05) is 19.3 Å². The Morgan fingerprint density at radius 3 is 2.50 bits per heavy atom. The molecule has 5 N–H and O–H groups in total. The summed E-state index contributed by atoms with van der Waals surface area (Å²) in [4.78, 5) is 47.1. The van der Waals surface area contributed by atoms with E-state index in [0.717, 1.165) is 32.1 Å². The lowest BCUT2D eigenvalue weighted by atomic mass is 9.79. The lowest BCUT2D eigenvalue weighted by Gasteiger charge is -2.29. The molecule has 4 rings (SSSR count). The largest absolute Gasteiger partial charge is 0.488 e. The highest BCUT2D eigenvalue weighted by atomic mass is 16.4. The number of carbonyl (C=O) groups excluding carboxylic acids is 3. The van der Waals surface area contributed by atoms with Gasteiger partial charge in [0, 0.05) is 24.5 Å². The number of carbonyl (C=O) groups is 3. The van der Waals surface area contributed by atoms with Gasteiger partial charge in [0.15, 0.2) is 0 Å². The van der Waals surface area contributed by atoms with E-state index in [9.17, 15) is 24.4 Å². The van der Waals surface area contributed by atoms with Crippen LogP contribution in [0.3, 0.4) is 0 Å². The second-order valence-corrected chi connectivity index (χ2v) is 8.87. The molecule has 1 saturated carbocycles. The normalized spacial score (nSPS) is 14.6. The van der Waals surface area contributed by atoms with Gasteiger partial charge in [0.05, 0.1) is 11.0 Å². The number of rotatable bonds is 7. The van der Waals surface area contributed by atoms with Crippen LogP contribution in [0.15, 0.2) is 48.7 Å². The molecule has 1 aliphatic rings. The van der Waals surface area contributed by atoms with Gasteiger partial charge in [-0.25, -0.2) is 4.98 Å². The lowest BCUT2D eigenvalue weighted by molar-refractivity contribution is -0.124. The maximum Gasteiger partial charge on any atom is 0.488 e. The molecule has 0 radical (unpaired) electrons. The molecule has 3 amide bonds. The molecule has 1 aromatic carbocycles. The zero-order valence-corrected chi connectivity index (χ0v) is 19.9. The van der Waals surface area contributed by atoms with E-state index in [0.29, 0.717) is 11.0 Å². The molecule has 2 aromatic heterocycles. The molecule has 0 bridgehead atoms. The van der Waals surface area contributed by atoms with E-state index in [1.807, 2.05) is 0 Å². The number of amides is 3. The first-order chi connectivity index (χ1) is 17.4. The summed E-state index contributed by atoms with van der Waals surface area (Å²) in [7, 11) is -0.344. The summed E-state index contributed by atoms with van der Waals surface area (Å²) in [6.45, 7) is 0. The molecule has 2 heterocycles. The van der Waals surface area contributed by atoms with Crippen LogP contribution < -0.4 is 21.4 Å².